The van der Waals surface area contributed by atoms with Gasteiger partial charge in [0.1, 0.15) is 5.75 Å². The van der Waals surface area contributed by atoms with Crippen LogP contribution in [0.5, 0.6) is 5.75 Å². The van der Waals surface area contributed by atoms with E-state index in [1.54, 1.807) is 13.0 Å². The van der Waals surface area contributed by atoms with Gasteiger partial charge in [-0.15, -0.1) is 0 Å². The molecule has 2 rings (SSSR count). The molecule has 0 saturated carbocycles. The first-order chi connectivity index (χ1) is 9.51. The van der Waals surface area contributed by atoms with E-state index in [1.165, 1.54) is 19.2 Å². The second-order valence-corrected chi connectivity index (χ2v) is 4.55. The van der Waals surface area contributed by atoms with Crippen molar-refractivity contribution in [1.82, 2.24) is 4.57 Å². The lowest BCUT2D eigenvalue weighted by molar-refractivity contribution is -0.384. The van der Waals surface area contributed by atoms with Crippen LogP contribution in [-0.4, -0.2) is 21.7 Å². The monoisotopic (exact) mass is 276 g/mol. The van der Waals surface area contributed by atoms with Crippen LogP contribution in [0.3, 0.4) is 0 Å². The Morgan fingerprint density at radius 3 is 2.75 bits per heavy atom. The summed E-state index contributed by atoms with van der Waals surface area (Å²) in [4.78, 5) is 10.4. The summed E-state index contributed by atoms with van der Waals surface area (Å²) in [5, 5.41) is 20.3. The highest BCUT2D eigenvalue weighted by atomic mass is 16.6. The summed E-state index contributed by atoms with van der Waals surface area (Å²) in [5.74, 6) is 0.600. The minimum Gasteiger partial charge on any atom is -0.496 e. The maximum absolute atomic E-state index is 10.8. The first-order valence-corrected chi connectivity index (χ1v) is 6.16. The van der Waals surface area contributed by atoms with Crippen LogP contribution in [0.4, 0.5) is 5.69 Å². The Morgan fingerprint density at radius 1 is 1.45 bits per heavy atom. The van der Waals surface area contributed by atoms with E-state index in [0.29, 0.717) is 12.3 Å². The van der Waals surface area contributed by atoms with Gasteiger partial charge in [0, 0.05) is 30.1 Å². The number of hydrogen-bond acceptors (Lipinski definition) is 4. The molecule has 1 N–H and O–H groups in total. The minimum absolute atomic E-state index is 0.0312. The Kier molecular flexibility index (Phi) is 4.05. The molecule has 1 aromatic heterocycles. The molecule has 1 heterocycles. The number of benzene rings is 1. The molecular formula is C14H16N2O4. The fourth-order valence-corrected chi connectivity index (χ4v) is 2.00. The summed E-state index contributed by atoms with van der Waals surface area (Å²) in [6.45, 7) is 2.13. The molecule has 1 aromatic carbocycles. The zero-order valence-electron chi connectivity index (χ0n) is 11.3. The Labute approximate surface area is 116 Å². The molecule has 0 aliphatic carbocycles. The maximum atomic E-state index is 10.8. The first-order valence-electron chi connectivity index (χ1n) is 6.16. The van der Waals surface area contributed by atoms with Crippen LogP contribution in [0.25, 0.3) is 0 Å². The Balaban J connectivity index is 2.30. The molecule has 0 spiro atoms. The molecule has 0 aliphatic rings. The number of aliphatic hydroxyl groups excluding tert-OH is 1. The van der Waals surface area contributed by atoms with E-state index in [-0.39, 0.29) is 5.69 Å². The number of aliphatic hydroxyl groups is 1. The van der Waals surface area contributed by atoms with Crippen LogP contribution < -0.4 is 4.74 Å². The summed E-state index contributed by atoms with van der Waals surface area (Å²) in [6, 6.07) is 6.32. The highest BCUT2D eigenvalue weighted by Crippen LogP contribution is 2.25. The van der Waals surface area contributed by atoms with Gasteiger partial charge in [-0.3, -0.25) is 10.1 Å². The van der Waals surface area contributed by atoms with Gasteiger partial charge in [0.25, 0.3) is 5.69 Å². The smallest absolute Gasteiger partial charge is 0.270 e. The molecule has 0 aliphatic heterocycles. The lowest BCUT2D eigenvalue weighted by atomic mass is 10.1. The summed E-state index contributed by atoms with van der Waals surface area (Å²) >= 11 is 0. The predicted octanol–water partition coefficient (Wildman–Crippen LogP) is 2.51. The van der Waals surface area contributed by atoms with Gasteiger partial charge in [-0.25, -0.2) is 0 Å². The van der Waals surface area contributed by atoms with Gasteiger partial charge >= 0.3 is 0 Å². The third kappa shape index (κ3) is 2.97. The molecule has 0 bridgehead atoms. The Morgan fingerprint density at radius 2 is 2.20 bits per heavy atom. The van der Waals surface area contributed by atoms with E-state index >= 15 is 0 Å². The molecule has 1 unspecified atom stereocenters. The molecule has 6 heteroatoms. The second-order valence-electron chi connectivity index (χ2n) is 4.55. The molecule has 2 aromatic rings. The average Bonchev–Trinajstić information content (AvgIpc) is 2.87. The van der Waals surface area contributed by atoms with E-state index in [9.17, 15) is 15.2 Å². The molecule has 0 saturated heterocycles. The normalized spacial score (nSPS) is 12.2. The van der Waals surface area contributed by atoms with Crippen molar-refractivity contribution in [3.8, 4) is 5.75 Å². The van der Waals surface area contributed by atoms with E-state index in [2.05, 4.69) is 0 Å². The summed E-state index contributed by atoms with van der Waals surface area (Å²) < 4.78 is 7.07. The fourth-order valence-electron chi connectivity index (χ4n) is 2.00. The van der Waals surface area contributed by atoms with Crippen molar-refractivity contribution in [3.05, 3.63) is 57.9 Å². The largest absolute Gasteiger partial charge is 0.496 e. The van der Waals surface area contributed by atoms with Crippen molar-refractivity contribution in [3.63, 3.8) is 0 Å². The van der Waals surface area contributed by atoms with E-state index in [1.807, 2.05) is 23.0 Å². The lowest BCUT2D eigenvalue weighted by Crippen LogP contribution is -2.01. The van der Waals surface area contributed by atoms with Crippen molar-refractivity contribution in [2.24, 2.45) is 0 Å². The van der Waals surface area contributed by atoms with Crippen molar-refractivity contribution >= 4 is 5.69 Å². The number of nitro groups is 1. The van der Waals surface area contributed by atoms with E-state index in [4.69, 9.17) is 4.74 Å². The van der Waals surface area contributed by atoms with Crippen molar-refractivity contribution in [2.75, 3.05) is 7.11 Å². The lowest BCUT2D eigenvalue weighted by Gasteiger charge is -2.09. The zero-order valence-corrected chi connectivity index (χ0v) is 11.3. The van der Waals surface area contributed by atoms with Crippen LogP contribution in [0.15, 0.2) is 36.7 Å². The van der Waals surface area contributed by atoms with Crippen LogP contribution >= 0.6 is 0 Å². The highest BCUT2D eigenvalue weighted by Gasteiger charge is 2.12. The maximum Gasteiger partial charge on any atom is 0.270 e. The van der Waals surface area contributed by atoms with Crippen molar-refractivity contribution in [1.29, 1.82) is 0 Å². The topological polar surface area (TPSA) is 77.5 Å². The van der Waals surface area contributed by atoms with E-state index in [0.717, 1.165) is 11.1 Å². The number of hydrogen-bond donors (Lipinski definition) is 1. The Hall–Kier alpha value is -2.34. The SMILES string of the molecule is COc1ccc([N+](=O)[O-])cc1Cn1ccc(C(C)O)c1. The predicted molar refractivity (Wildman–Crippen MR) is 73.8 cm³/mol. The number of non-ortho nitro benzene ring substituents is 1. The number of aromatic nitrogens is 1. The number of nitrogens with zero attached hydrogens (tertiary/aromatic N) is 2. The van der Waals surface area contributed by atoms with Crippen LogP contribution in [-0.2, 0) is 6.54 Å². The third-order valence-corrected chi connectivity index (χ3v) is 3.08. The Bertz CT molecular complexity index is 619. The van der Waals surface area contributed by atoms with Crippen LogP contribution in [0.2, 0.25) is 0 Å². The number of ether oxygens (including phenoxy) is 1. The molecule has 1 atom stereocenters. The fraction of sp³-hybridized carbons (Fsp3) is 0.286. The molecular weight excluding hydrogens is 260 g/mol. The van der Waals surface area contributed by atoms with Crippen LogP contribution in [0, 0.1) is 10.1 Å². The second kappa shape index (κ2) is 5.75. The third-order valence-electron chi connectivity index (χ3n) is 3.08. The molecule has 6 nitrogen and oxygen atoms in total. The standard InChI is InChI=1S/C14H16N2O4/c1-10(17)11-5-6-15(8-11)9-12-7-13(16(18)19)3-4-14(12)20-2/h3-8,10,17H,9H2,1-2H3. The molecule has 106 valence electrons. The van der Waals surface area contributed by atoms with Gasteiger partial charge in [0.05, 0.1) is 24.7 Å². The number of nitro benzene ring substituents is 1. The highest BCUT2D eigenvalue weighted by molar-refractivity contribution is 5.44. The molecule has 0 fully saturated rings. The van der Waals surface area contributed by atoms with Gasteiger partial charge < -0.3 is 14.4 Å². The minimum atomic E-state index is -0.539. The molecule has 0 radical (unpaired) electrons. The summed E-state index contributed by atoms with van der Waals surface area (Å²) in [6.07, 6.45) is 3.09. The number of methoxy groups -OCH3 is 1. The van der Waals surface area contributed by atoms with Crippen molar-refractivity contribution in [2.45, 2.75) is 19.6 Å². The van der Waals surface area contributed by atoms with Gasteiger partial charge in [-0.1, -0.05) is 0 Å². The zero-order chi connectivity index (χ0) is 14.7. The quantitative estimate of drug-likeness (QED) is 0.672. The van der Waals surface area contributed by atoms with Gasteiger partial charge in [0.15, 0.2) is 0 Å². The first kappa shape index (κ1) is 14.1. The van der Waals surface area contributed by atoms with E-state index < -0.39 is 11.0 Å². The van der Waals surface area contributed by atoms with Gasteiger partial charge in [-0.2, -0.15) is 0 Å². The number of rotatable bonds is 5. The molecule has 0 amide bonds. The summed E-state index contributed by atoms with van der Waals surface area (Å²) in [7, 11) is 1.53. The summed E-state index contributed by atoms with van der Waals surface area (Å²) in [5.41, 5.74) is 1.55. The van der Waals surface area contributed by atoms with Gasteiger partial charge in [0.2, 0.25) is 0 Å². The van der Waals surface area contributed by atoms with Crippen molar-refractivity contribution < 1.29 is 14.8 Å². The van der Waals surface area contributed by atoms with Crippen LogP contribution in [0.1, 0.15) is 24.2 Å². The average molecular weight is 276 g/mol. The van der Waals surface area contributed by atoms with Gasteiger partial charge in [-0.05, 0) is 24.6 Å². The molecule has 20 heavy (non-hydrogen) atoms.